The lowest BCUT2D eigenvalue weighted by atomic mass is 9.99. The van der Waals surface area contributed by atoms with Crippen LogP contribution in [0.1, 0.15) is 31.7 Å². The fraction of sp³-hybridized carbons (Fsp3) is 0.640. The number of carbonyl (C=O) groups excluding carboxylic acids is 3. The molecule has 0 spiro atoms. The number of nitrogens with one attached hydrogen (secondary N) is 1. The average Bonchev–Trinajstić information content (AvgIpc) is 3.37. The second-order valence-corrected chi connectivity index (χ2v) is 8.88. The lowest BCUT2D eigenvalue weighted by molar-refractivity contribution is -0.757. The smallest absolute Gasteiger partial charge is 0.328 e. The fourth-order valence-corrected chi connectivity index (χ4v) is 4.10. The van der Waals surface area contributed by atoms with Gasteiger partial charge in [0.05, 0.1) is 19.1 Å². The molecule has 2 rings (SSSR count). The van der Waals surface area contributed by atoms with Gasteiger partial charge in [-0.15, -0.1) is 10.1 Å². The van der Waals surface area contributed by atoms with Crippen LogP contribution >= 0.6 is 0 Å². The van der Waals surface area contributed by atoms with Gasteiger partial charge in [0.1, 0.15) is 19.3 Å². The molecule has 206 valence electrons. The molecule has 1 amide bonds. The molecule has 1 aromatic rings. The van der Waals surface area contributed by atoms with Crippen molar-refractivity contribution in [3.05, 3.63) is 46.0 Å². The van der Waals surface area contributed by atoms with Crippen LogP contribution in [0.4, 0.5) is 0 Å². The molecular weight excluding hydrogens is 484 g/mol. The molecule has 0 radical (unpaired) electrons. The number of ether oxygens (including phenoxy) is 2. The van der Waals surface area contributed by atoms with Crippen LogP contribution in [-0.4, -0.2) is 98.4 Å². The molecule has 1 aromatic carbocycles. The molecule has 0 aliphatic carbocycles. The zero-order valence-electron chi connectivity index (χ0n) is 21.6. The van der Waals surface area contributed by atoms with Crippen LogP contribution in [0.15, 0.2) is 30.3 Å². The van der Waals surface area contributed by atoms with Crippen molar-refractivity contribution in [3.63, 3.8) is 0 Å². The number of aryl methyl sites for hydroxylation is 1. The summed E-state index contributed by atoms with van der Waals surface area (Å²) in [6, 6.07) is 9.23. The number of carbonyl (C=O) groups is 3. The molecule has 37 heavy (non-hydrogen) atoms. The Balaban J connectivity index is 1.76. The number of amides is 1. The number of likely N-dealkylation sites (tertiary alicyclic amines) is 1. The first kappa shape index (κ1) is 30.0. The summed E-state index contributed by atoms with van der Waals surface area (Å²) in [5, 5.41) is 12.4. The van der Waals surface area contributed by atoms with Crippen LogP contribution in [0.2, 0.25) is 0 Å². The van der Waals surface area contributed by atoms with Crippen molar-refractivity contribution in [3.8, 4) is 0 Å². The number of rotatable bonds is 17. The molecule has 12 nitrogen and oxygen atoms in total. The summed E-state index contributed by atoms with van der Waals surface area (Å²) in [5.41, 5.74) is 1.13. The maximum absolute atomic E-state index is 12.8. The quantitative estimate of drug-likeness (QED) is 0.179. The summed E-state index contributed by atoms with van der Waals surface area (Å²) < 4.78 is 10.6. The van der Waals surface area contributed by atoms with Gasteiger partial charge in [-0.25, -0.2) is 4.79 Å². The minimum Gasteiger partial charge on any atom is -0.466 e. The SMILES string of the molecule is CCOC(=O)C(CCc1ccccc1)CNCC(=O)N1CCC[C@@H]1C(=O)OCCN(C)CCO[N+](=O)[O-]. The third-order valence-electron chi connectivity index (χ3n) is 6.14. The van der Waals surface area contributed by atoms with Crippen molar-refractivity contribution in [2.45, 2.75) is 38.6 Å². The Morgan fingerprint density at radius 2 is 1.92 bits per heavy atom. The Hall–Kier alpha value is -3.25. The second kappa shape index (κ2) is 16.5. The van der Waals surface area contributed by atoms with Crippen LogP contribution in [0.25, 0.3) is 0 Å². The third kappa shape index (κ3) is 11.1. The van der Waals surface area contributed by atoms with E-state index in [1.165, 1.54) is 4.90 Å². The second-order valence-electron chi connectivity index (χ2n) is 8.88. The molecule has 1 heterocycles. The number of esters is 2. The highest BCUT2D eigenvalue weighted by Gasteiger charge is 2.35. The number of nitrogens with zero attached hydrogens (tertiary/aromatic N) is 3. The first-order valence-electron chi connectivity index (χ1n) is 12.6. The first-order valence-corrected chi connectivity index (χ1v) is 12.6. The third-order valence-corrected chi connectivity index (χ3v) is 6.14. The van der Waals surface area contributed by atoms with E-state index in [1.54, 1.807) is 18.9 Å². The molecule has 0 saturated carbocycles. The van der Waals surface area contributed by atoms with Crippen molar-refractivity contribution in [1.82, 2.24) is 15.1 Å². The number of likely N-dealkylation sites (N-methyl/N-ethyl adjacent to an activating group) is 1. The van der Waals surface area contributed by atoms with Gasteiger partial charge in [0.25, 0.3) is 5.09 Å². The van der Waals surface area contributed by atoms with E-state index in [1.807, 2.05) is 30.3 Å². The summed E-state index contributed by atoms with van der Waals surface area (Å²) in [4.78, 5) is 55.6. The topological polar surface area (TPSA) is 141 Å². The van der Waals surface area contributed by atoms with Crippen LogP contribution in [0, 0.1) is 16.0 Å². The first-order chi connectivity index (χ1) is 17.8. The van der Waals surface area contributed by atoms with Gasteiger partial charge < -0.3 is 29.4 Å². The predicted molar refractivity (Wildman–Crippen MR) is 134 cm³/mol. The van der Waals surface area contributed by atoms with Gasteiger partial charge >= 0.3 is 11.9 Å². The molecular formula is C25H38N4O8. The fourth-order valence-electron chi connectivity index (χ4n) is 4.10. The summed E-state index contributed by atoms with van der Waals surface area (Å²) in [6.45, 7) is 3.55. The highest BCUT2D eigenvalue weighted by molar-refractivity contribution is 5.86. The molecule has 1 aliphatic rings. The Morgan fingerprint density at radius 3 is 2.62 bits per heavy atom. The van der Waals surface area contributed by atoms with Gasteiger partial charge in [-0.1, -0.05) is 30.3 Å². The molecule has 12 heteroatoms. The monoisotopic (exact) mass is 522 g/mol. The molecule has 2 atom stereocenters. The van der Waals surface area contributed by atoms with E-state index in [-0.39, 0.29) is 37.6 Å². The van der Waals surface area contributed by atoms with E-state index < -0.39 is 17.1 Å². The molecule has 0 aromatic heterocycles. The molecule has 1 unspecified atom stereocenters. The standard InChI is InChI=1S/C25H38N4O8/c1-3-35-24(31)21(12-11-20-8-5-4-6-9-20)18-26-19-23(30)28-13-7-10-22(28)25(32)36-16-14-27(2)15-17-37-29(33)34/h4-6,8-9,21-22,26H,3,7,10-19H2,1-2H3/t21?,22-/m1/s1. The Morgan fingerprint density at radius 1 is 1.19 bits per heavy atom. The average molecular weight is 523 g/mol. The number of hydrogen-bond acceptors (Lipinski definition) is 10. The largest absolute Gasteiger partial charge is 0.466 e. The normalized spacial score (nSPS) is 15.9. The Kier molecular flexibility index (Phi) is 13.4. The highest BCUT2D eigenvalue weighted by Crippen LogP contribution is 2.19. The number of benzene rings is 1. The molecule has 1 aliphatic heterocycles. The predicted octanol–water partition coefficient (Wildman–Crippen LogP) is 1.06. The maximum atomic E-state index is 12.8. The molecule has 0 bridgehead atoms. The summed E-state index contributed by atoms with van der Waals surface area (Å²) in [5.74, 6) is -1.37. The molecule has 1 saturated heterocycles. The van der Waals surface area contributed by atoms with Crippen LogP contribution in [0.3, 0.4) is 0 Å². The minimum atomic E-state index is -0.851. The van der Waals surface area contributed by atoms with Crippen LogP contribution < -0.4 is 5.32 Å². The zero-order chi connectivity index (χ0) is 27.0. The summed E-state index contributed by atoms with van der Waals surface area (Å²) in [6.07, 6.45) is 2.54. The van der Waals surface area contributed by atoms with Crippen molar-refractivity contribution in [2.24, 2.45) is 5.92 Å². The van der Waals surface area contributed by atoms with E-state index in [2.05, 4.69) is 10.2 Å². The van der Waals surface area contributed by atoms with E-state index in [9.17, 15) is 24.5 Å². The summed E-state index contributed by atoms with van der Waals surface area (Å²) in [7, 11) is 1.73. The Labute approximate surface area is 217 Å². The van der Waals surface area contributed by atoms with Gasteiger partial charge in [0.2, 0.25) is 5.91 Å². The Bertz CT molecular complexity index is 870. The van der Waals surface area contributed by atoms with Gasteiger partial charge in [-0.3, -0.25) is 9.59 Å². The van der Waals surface area contributed by atoms with E-state index >= 15 is 0 Å². The van der Waals surface area contributed by atoms with Gasteiger partial charge in [0, 0.05) is 26.2 Å². The lowest BCUT2D eigenvalue weighted by Crippen LogP contribution is -2.46. The zero-order valence-corrected chi connectivity index (χ0v) is 21.6. The molecule has 1 N–H and O–H groups in total. The van der Waals surface area contributed by atoms with E-state index in [4.69, 9.17) is 9.47 Å². The van der Waals surface area contributed by atoms with E-state index in [0.29, 0.717) is 52.0 Å². The van der Waals surface area contributed by atoms with Crippen LogP contribution in [-0.2, 0) is 35.1 Å². The van der Waals surface area contributed by atoms with Crippen molar-refractivity contribution in [1.29, 1.82) is 0 Å². The van der Waals surface area contributed by atoms with Gasteiger partial charge in [-0.05, 0) is 45.2 Å². The van der Waals surface area contributed by atoms with Crippen molar-refractivity contribution in [2.75, 3.05) is 59.6 Å². The van der Waals surface area contributed by atoms with E-state index in [0.717, 1.165) is 12.0 Å². The van der Waals surface area contributed by atoms with Crippen LogP contribution in [0.5, 0.6) is 0 Å². The minimum absolute atomic E-state index is 0.00417. The van der Waals surface area contributed by atoms with Gasteiger partial charge in [0.15, 0.2) is 0 Å². The molecule has 1 fully saturated rings. The highest BCUT2D eigenvalue weighted by atomic mass is 16.9. The van der Waals surface area contributed by atoms with Crippen molar-refractivity contribution >= 4 is 17.8 Å². The van der Waals surface area contributed by atoms with Crippen molar-refractivity contribution < 1.29 is 33.8 Å². The summed E-state index contributed by atoms with van der Waals surface area (Å²) >= 11 is 0. The maximum Gasteiger partial charge on any atom is 0.328 e. The number of hydrogen-bond donors (Lipinski definition) is 1. The van der Waals surface area contributed by atoms with Gasteiger partial charge in [-0.2, -0.15) is 0 Å². The lowest BCUT2D eigenvalue weighted by Gasteiger charge is -2.24.